The summed E-state index contributed by atoms with van der Waals surface area (Å²) in [6, 6.07) is 9.56. The lowest BCUT2D eigenvalue weighted by molar-refractivity contribution is -0.137. The fourth-order valence-corrected chi connectivity index (χ4v) is 1.12. The molecule has 0 saturated heterocycles. The molecule has 84 valence electrons. The quantitative estimate of drug-likeness (QED) is 0.430. The van der Waals surface area contributed by atoms with Gasteiger partial charge >= 0.3 is 6.21 Å². The first kappa shape index (κ1) is 12.3. The summed E-state index contributed by atoms with van der Waals surface area (Å²) in [5.41, 5.74) is 8.28. The molecule has 0 aliphatic carbocycles. The van der Waals surface area contributed by atoms with Crippen molar-refractivity contribution in [3.05, 3.63) is 41.4 Å². The highest BCUT2D eigenvalue weighted by atomic mass is 16.5. The van der Waals surface area contributed by atoms with Crippen LogP contribution in [0.1, 0.15) is 19.4 Å². The number of carbonyl (C=O) groups is 1. The van der Waals surface area contributed by atoms with E-state index < -0.39 is 5.60 Å². The topological polar surface area (TPSA) is 62.7 Å². The van der Waals surface area contributed by atoms with Crippen LogP contribution in [0.25, 0.3) is 5.53 Å². The van der Waals surface area contributed by atoms with Crippen LogP contribution in [0.5, 0.6) is 0 Å². The molecule has 0 spiro atoms. The minimum absolute atomic E-state index is 0.346. The van der Waals surface area contributed by atoms with Gasteiger partial charge in [0.25, 0.3) is 5.78 Å². The Bertz CT molecular complexity index is 406. The molecule has 4 nitrogen and oxygen atoms in total. The number of ether oxygens (including phenoxy) is 1. The smallest absolute Gasteiger partial charge is 0.326 e. The number of carbonyl (C=O) groups excluding carboxylic acids is 1. The number of rotatable bonds is 5. The van der Waals surface area contributed by atoms with Crippen LogP contribution in [-0.2, 0) is 16.1 Å². The molecule has 1 aromatic rings. The largest absolute Gasteiger partial charge is 0.362 e. The van der Waals surface area contributed by atoms with Gasteiger partial charge in [0.05, 0.1) is 6.61 Å². The maximum absolute atomic E-state index is 11.5. The standard InChI is InChI=1S/C12H14N2O2/c1-12(2,11(15)8-14-13)16-9-10-6-4-3-5-7-10/h3-8H,9H2,1-2H3. The third kappa shape index (κ3) is 3.42. The molecule has 0 N–H and O–H groups in total. The Morgan fingerprint density at radius 2 is 2.06 bits per heavy atom. The molecule has 0 amide bonds. The number of benzene rings is 1. The van der Waals surface area contributed by atoms with Crippen LogP contribution in [0.3, 0.4) is 0 Å². The van der Waals surface area contributed by atoms with Crippen LogP contribution in [0, 0.1) is 0 Å². The van der Waals surface area contributed by atoms with Crippen LogP contribution in [0.4, 0.5) is 0 Å². The highest BCUT2D eigenvalue weighted by molar-refractivity contribution is 6.28. The summed E-state index contributed by atoms with van der Waals surface area (Å²) in [7, 11) is 0. The lowest BCUT2D eigenvalue weighted by Crippen LogP contribution is -2.35. The van der Waals surface area contributed by atoms with Gasteiger partial charge in [-0.05, 0) is 19.4 Å². The molecule has 0 radical (unpaired) electrons. The molecule has 4 heteroatoms. The highest BCUT2D eigenvalue weighted by Crippen LogP contribution is 2.13. The molecule has 1 aromatic carbocycles. The lowest BCUT2D eigenvalue weighted by Gasteiger charge is -2.20. The first-order valence-electron chi connectivity index (χ1n) is 4.96. The molecular formula is C12H14N2O2. The molecule has 0 aromatic heterocycles. The average molecular weight is 218 g/mol. The van der Waals surface area contributed by atoms with Crippen LogP contribution in [-0.4, -0.2) is 22.4 Å². The van der Waals surface area contributed by atoms with E-state index in [9.17, 15) is 4.79 Å². The van der Waals surface area contributed by atoms with Crippen molar-refractivity contribution < 1.29 is 14.3 Å². The third-order valence-corrected chi connectivity index (χ3v) is 2.21. The van der Waals surface area contributed by atoms with Crippen molar-refractivity contribution in [2.45, 2.75) is 26.1 Å². The van der Waals surface area contributed by atoms with E-state index in [-0.39, 0.29) is 5.78 Å². The maximum Gasteiger partial charge on any atom is 0.326 e. The SMILES string of the molecule is CC(C)(OCc1ccccc1)C(=O)C=[N+]=[N-]. The summed E-state index contributed by atoms with van der Waals surface area (Å²) in [5.74, 6) is -0.370. The summed E-state index contributed by atoms with van der Waals surface area (Å²) in [6.45, 7) is 3.62. The van der Waals surface area contributed by atoms with E-state index in [0.717, 1.165) is 11.8 Å². The van der Waals surface area contributed by atoms with Crippen molar-refractivity contribution in [3.8, 4) is 0 Å². The van der Waals surface area contributed by atoms with Crippen LogP contribution in [0.2, 0.25) is 0 Å². The zero-order valence-corrected chi connectivity index (χ0v) is 9.38. The van der Waals surface area contributed by atoms with Crippen molar-refractivity contribution >= 4 is 12.0 Å². The monoisotopic (exact) mass is 218 g/mol. The van der Waals surface area contributed by atoms with Crippen molar-refractivity contribution in [3.63, 3.8) is 0 Å². The molecule has 0 saturated carbocycles. The molecule has 0 atom stereocenters. The first-order chi connectivity index (χ1) is 7.56. The normalized spacial score (nSPS) is 10.6. The predicted molar refractivity (Wildman–Crippen MR) is 60.0 cm³/mol. The van der Waals surface area contributed by atoms with Crippen LogP contribution < -0.4 is 0 Å². The number of nitrogens with zero attached hydrogens (tertiary/aromatic N) is 2. The molecule has 0 unspecified atom stereocenters. The fraction of sp³-hybridized carbons (Fsp3) is 0.333. The number of Topliss-reactive ketones (excluding diaryl/α,β-unsaturated/α-hetero) is 1. The Morgan fingerprint density at radius 1 is 1.44 bits per heavy atom. The Hall–Kier alpha value is -1.77. The summed E-state index contributed by atoms with van der Waals surface area (Å²) in [5, 5.41) is 0. The lowest BCUT2D eigenvalue weighted by atomic mass is 10.0. The molecule has 0 heterocycles. The second-order valence-electron chi connectivity index (χ2n) is 3.89. The van der Waals surface area contributed by atoms with Crippen molar-refractivity contribution in [2.75, 3.05) is 0 Å². The van der Waals surface area contributed by atoms with Gasteiger partial charge in [-0.25, -0.2) is 0 Å². The first-order valence-corrected chi connectivity index (χ1v) is 4.96. The average Bonchev–Trinajstić information content (AvgIpc) is 2.28. The number of ketones is 1. The predicted octanol–water partition coefficient (Wildman–Crippen LogP) is 1.85. The third-order valence-electron chi connectivity index (χ3n) is 2.21. The summed E-state index contributed by atoms with van der Waals surface area (Å²) >= 11 is 0. The Morgan fingerprint density at radius 3 is 2.62 bits per heavy atom. The zero-order chi connectivity index (χ0) is 12.0. The van der Waals surface area contributed by atoms with E-state index >= 15 is 0 Å². The van der Waals surface area contributed by atoms with Crippen molar-refractivity contribution in [2.24, 2.45) is 0 Å². The van der Waals surface area contributed by atoms with Crippen LogP contribution in [0.15, 0.2) is 30.3 Å². The van der Waals surface area contributed by atoms with Crippen molar-refractivity contribution in [1.29, 1.82) is 0 Å². The summed E-state index contributed by atoms with van der Waals surface area (Å²) in [4.78, 5) is 14.2. The van der Waals surface area contributed by atoms with E-state index in [1.54, 1.807) is 13.8 Å². The second-order valence-corrected chi connectivity index (χ2v) is 3.89. The molecular weight excluding hydrogens is 204 g/mol. The molecule has 0 fully saturated rings. The maximum atomic E-state index is 11.5. The van der Waals surface area contributed by atoms with Gasteiger partial charge in [0.1, 0.15) is 5.60 Å². The second kappa shape index (κ2) is 5.35. The van der Waals surface area contributed by atoms with Gasteiger partial charge in [-0.3, -0.25) is 4.79 Å². The van der Waals surface area contributed by atoms with E-state index in [4.69, 9.17) is 10.3 Å². The van der Waals surface area contributed by atoms with Gasteiger partial charge in [0, 0.05) is 0 Å². The molecule has 0 aliphatic rings. The molecule has 0 aliphatic heterocycles. The number of hydrogen-bond donors (Lipinski definition) is 0. The zero-order valence-electron chi connectivity index (χ0n) is 9.38. The fourth-order valence-electron chi connectivity index (χ4n) is 1.12. The Balaban J connectivity index is 2.61. The summed E-state index contributed by atoms with van der Waals surface area (Å²) < 4.78 is 5.48. The van der Waals surface area contributed by atoms with E-state index in [0.29, 0.717) is 6.61 Å². The van der Waals surface area contributed by atoms with E-state index in [1.807, 2.05) is 30.3 Å². The minimum atomic E-state index is -0.984. The summed E-state index contributed by atoms with van der Waals surface area (Å²) in [6.07, 6.45) is 0.852. The van der Waals surface area contributed by atoms with Gasteiger partial charge < -0.3 is 10.3 Å². The van der Waals surface area contributed by atoms with Crippen molar-refractivity contribution in [1.82, 2.24) is 0 Å². The van der Waals surface area contributed by atoms with Gasteiger partial charge in [-0.2, -0.15) is 4.79 Å². The van der Waals surface area contributed by atoms with Crippen LogP contribution >= 0.6 is 0 Å². The van der Waals surface area contributed by atoms with Gasteiger partial charge in [-0.15, -0.1) is 0 Å². The Labute approximate surface area is 94.5 Å². The van der Waals surface area contributed by atoms with E-state index in [1.165, 1.54) is 0 Å². The Kier molecular flexibility index (Phi) is 4.11. The minimum Gasteiger partial charge on any atom is -0.362 e. The number of hydrogen-bond acceptors (Lipinski definition) is 2. The molecule has 1 rings (SSSR count). The molecule has 0 bridgehead atoms. The van der Waals surface area contributed by atoms with E-state index in [2.05, 4.69) is 4.79 Å². The van der Waals surface area contributed by atoms with Gasteiger partial charge in [-0.1, -0.05) is 30.3 Å². The highest BCUT2D eigenvalue weighted by Gasteiger charge is 2.29. The van der Waals surface area contributed by atoms with Gasteiger partial charge in [0.2, 0.25) is 0 Å². The van der Waals surface area contributed by atoms with Gasteiger partial charge in [0.15, 0.2) is 0 Å². The molecule has 16 heavy (non-hydrogen) atoms.